The fraction of sp³-hybridized carbons (Fsp3) is 0.263. The van der Waals surface area contributed by atoms with Gasteiger partial charge in [0.1, 0.15) is 21.7 Å². The first-order valence-corrected chi connectivity index (χ1v) is 10.6. The van der Waals surface area contributed by atoms with Crippen LogP contribution in [0.25, 0.3) is 0 Å². The van der Waals surface area contributed by atoms with Gasteiger partial charge in [-0.05, 0) is 56.6 Å². The van der Waals surface area contributed by atoms with E-state index < -0.39 is 16.5 Å². The van der Waals surface area contributed by atoms with Crippen molar-refractivity contribution in [1.82, 2.24) is 15.2 Å². The molecule has 1 aromatic carbocycles. The van der Waals surface area contributed by atoms with Crippen molar-refractivity contribution < 1.29 is 8.78 Å². The van der Waals surface area contributed by atoms with Gasteiger partial charge >= 0.3 is 0 Å². The van der Waals surface area contributed by atoms with Crippen molar-refractivity contribution in [3.63, 3.8) is 0 Å². The zero-order chi connectivity index (χ0) is 20.4. The van der Waals surface area contributed by atoms with Gasteiger partial charge in [0.25, 0.3) is 0 Å². The quantitative estimate of drug-likeness (QED) is 0.634. The minimum atomic E-state index is -0.791. The number of anilines is 1. The Morgan fingerprint density at radius 1 is 1.17 bits per heavy atom. The van der Waals surface area contributed by atoms with Crippen LogP contribution in [-0.4, -0.2) is 26.8 Å². The average molecular weight is 433 g/mol. The van der Waals surface area contributed by atoms with E-state index in [1.807, 2.05) is 25.1 Å². The highest BCUT2D eigenvalue weighted by Crippen LogP contribution is 2.52. The van der Waals surface area contributed by atoms with Crippen molar-refractivity contribution in [2.45, 2.75) is 24.6 Å². The Labute approximate surface area is 174 Å². The highest BCUT2D eigenvalue weighted by molar-refractivity contribution is 8.15. The monoisotopic (exact) mass is 432 g/mol. The number of nitrogens with two attached hydrogens (primary N) is 1. The van der Waals surface area contributed by atoms with Gasteiger partial charge in [0.15, 0.2) is 4.87 Å². The number of benzene rings is 1. The van der Waals surface area contributed by atoms with Gasteiger partial charge in [-0.1, -0.05) is 29.2 Å². The first-order valence-electron chi connectivity index (χ1n) is 8.98. The first kappa shape index (κ1) is 19.9. The lowest BCUT2D eigenvalue weighted by atomic mass is 10.1. The van der Waals surface area contributed by atoms with Crippen LogP contribution in [0.5, 0.6) is 0 Å². The zero-order valence-electron chi connectivity index (χ0n) is 15.5. The van der Waals surface area contributed by atoms with Gasteiger partial charge in [-0.25, -0.2) is 13.8 Å². The lowest BCUT2D eigenvalue weighted by Gasteiger charge is -2.34. The first-order chi connectivity index (χ1) is 14.0. The fourth-order valence-corrected chi connectivity index (χ4v) is 5.28. The third kappa shape index (κ3) is 3.75. The van der Waals surface area contributed by atoms with E-state index in [1.165, 1.54) is 23.1 Å². The van der Waals surface area contributed by atoms with Crippen molar-refractivity contribution in [3.8, 4) is 0 Å². The molecule has 0 fully saturated rings. The van der Waals surface area contributed by atoms with Crippen molar-refractivity contribution in [2.24, 2.45) is 10.8 Å². The molecule has 0 spiro atoms. The van der Waals surface area contributed by atoms with Crippen LogP contribution in [0.2, 0.25) is 0 Å². The van der Waals surface area contributed by atoms with E-state index in [1.54, 1.807) is 11.2 Å². The van der Waals surface area contributed by atoms with Crippen molar-refractivity contribution in [3.05, 3.63) is 70.5 Å². The summed E-state index contributed by atoms with van der Waals surface area (Å²) in [6, 6.07) is 8.96. The van der Waals surface area contributed by atoms with Crippen LogP contribution in [0.3, 0.4) is 0 Å². The molecule has 0 saturated heterocycles. The number of pyridine rings is 1. The summed E-state index contributed by atoms with van der Waals surface area (Å²) in [5.74, 6) is -1.07. The molecule has 1 atom stereocenters. The number of hydrogen-bond acceptors (Lipinski definition) is 8. The standard InChI is InChI=1S/C19H18F2N6S2/c1-12-24-25-18(28-12)27-19(8-4-9-22,16-5-2-3-10-23-16)29-17(26-27)14-11-13(20)6-7-15(14)21/h2-3,5-7,10-11H,4,8-9,22H2,1H3. The molecule has 3 aromatic rings. The van der Waals surface area contributed by atoms with Crippen LogP contribution in [0.1, 0.15) is 29.1 Å². The number of rotatable bonds is 6. The molecule has 150 valence electrons. The van der Waals surface area contributed by atoms with E-state index in [2.05, 4.69) is 20.3 Å². The smallest absolute Gasteiger partial charge is 0.230 e. The van der Waals surface area contributed by atoms with Crippen molar-refractivity contribution in [2.75, 3.05) is 11.6 Å². The predicted octanol–water partition coefficient (Wildman–Crippen LogP) is 4.03. The van der Waals surface area contributed by atoms with Gasteiger partial charge < -0.3 is 5.73 Å². The van der Waals surface area contributed by atoms with Gasteiger partial charge in [-0.2, -0.15) is 5.10 Å². The molecule has 1 unspecified atom stereocenters. The molecule has 0 aliphatic carbocycles. The Bertz CT molecular complexity index is 1040. The van der Waals surface area contributed by atoms with Gasteiger partial charge in [0.05, 0.1) is 5.69 Å². The molecule has 0 radical (unpaired) electrons. The maximum absolute atomic E-state index is 14.5. The van der Waals surface area contributed by atoms with E-state index in [0.29, 0.717) is 29.6 Å². The summed E-state index contributed by atoms with van der Waals surface area (Å²) in [6.07, 6.45) is 2.98. The largest absolute Gasteiger partial charge is 0.330 e. The minimum Gasteiger partial charge on any atom is -0.330 e. The molecule has 2 aromatic heterocycles. The lowest BCUT2D eigenvalue weighted by Crippen LogP contribution is -2.38. The average Bonchev–Trinajstić information content (AvgIpc) is 3.33. The second-order valence-electron chi connectivity index (χ2n) is 6.44. The molecule has 1 aliphatic heterocycles. The van der Waals surface area contributed by atoms with Gasteiger partial charge in [0, 0.05) is 11.8 Å². The summed E-state index contributed by atoms with van der Waals surface area (Å²) in [5, 5.41) is 16.4. The summed E-state index contributed by atoms with van der Waals surface area (Å²) < 4.78 is 28.4. The molecule has 2 N–H and O–H groups in total. The molecule has 0 saturated carbocycles. The third-order valence-electron chi connectivity index (χ3n) is 4.44. The molecular weight excluding hydrogens is 414 g/mol. The lowest BCUT2D eigenvalue weighted by molar-refractivity contribution is 0.513. The Hall–Kier alpha value is -2.43. The Balaban J connectivity index is 1.88. The van der Waals surface area contributed by atoms with Crippen LogP contribution >= 0.6 is 23.1 Å². The van der Waals surface area contributed by atoms with E-state index in [-0.39, 0.29) is 5.56 Å². The summed E-state index contributed by atoms with van der Waals surface area (Å²) >= 11 is 2.71. The molecule has 0 amide bonds. The number of nitrogens with zero attached hydrogens (tertiary/aromatic N) is 5. The molecule has 1 aliphatic rings. The summed E-state index contributed by atoms with van der Waals surface area (Å²) in [7, 11) is 0. The number of halogens is 2. The van der Waals surface area contributed by atoms with Crippen LogP contribution in [0.15, 0.2) is 47.7 Å². The molecule has 0 bridgehead atoms. The zero-order valence-corrected chi connectivity index (χ0v) is 17.2. The van der Waals surface area contributed by atoms with Crippen LogP contribution in [-0.2, 0) is 4.87 Å². The van der Waals surface area contributed by atoms with Crippen molar-refractivity contribution >= 4 is 33.3 Å². The maximum Gasteiger partial charge on any atom is 0.230 e. The van der Waals surface area contributed by atoms with Crippen LogP contribution in [0.4, 0.5) is 13.9 Å². The number of hydrogen-bond donors (Lipinski definition) is 1. The van der Waals surface area contributed by atoms with E-state index in [9.17, 15) is 8.78 Å². The van der Waals surface area contributed by atoms with E-state index in [4.69, 9.17) is 5.73 Å². The summed E-state index contributed by atoms with van der Waals surface area (Å²) in [6.45, 7) is 2.32. The molecule has 29 heavy (non-hydrogen) atoms. The Morgan fingerprint density at radius 3 is 2.72 bits per heavy atom. The Kier molecular flexibility index (Phi) is 5.57. The number of aryl methyl sites for hydroxylation is 1. The van der Waals surface area contributed by atoms with E-state index >= 15 is 0 Å². The maximum atomic E-state index is 14.5. The molecule has 10 heteroatoms. The predicted molar refractivity (Wildman–Crippen MR) is 112 cm³/mol. The van der Waals surface area contributed by atoms with Gasteiger partial charge in [-0.15, -0.1) is 10.2 Å². The van der Waals surface area contributed by atoms with Crippen LogP contribution in [0, 0.1) is 18.6 Å². The van der Waals surface area contributed by atoms with E-state index in [0.717, 1.165) is 28.9 Å². The fourth-order valence-electron chi connectivity index (χ4n) is 3.12. The van der Waals surface area contributed by atoms with Gasteiger partial charge in [0.2, 0.25) is 5.13 Å². The molecule has 3 heterocycles. The molecule has 6 nitrogen and oxygen atoms in total. The second-order valence-corrected chi connectivity index (χ2v) is 8.86. The van der Waals surface area contributed by atoms with Crippen molar-refractivity contribution in [1.29, 1.82) is 0 Å². The number of thioether (sulfide) groups is 1. The van der Waals surface area contributed by atoms with Gasteiger partial charge in [-0.3, -0.25) is 4.98 Å². The second kappa shape index (κ2) is 8.13. The highest BCUT2D eigenvalue weighted by atomic mass is 32.2. The molecular formula is C19H18F2N6S2. The highest BCUT2D eigenvalue weighted by Gasteiger charge is 2.48. The van der Waals surface area contributed by atoms with Crippen LogP contribution < -0.4 is 10.7 Å². The normalized spacial score (nSPS) is 18.9. The topological polar surface area (TPSA) is 80.3 Å². The summed E-state index contributed by atoms with van der Waals surface area (Å²) in [5.41, 5.74) is 6.64. The number of hydrazone groups is 1. The number of aromatic nitrogens is 3. The molecule has 4 rings (SSSR count). The minimum absolute atomic E-state index is 0.104. The third-order valence-corrected chi connectivity index (χ3v) is 6.67. The SMILES string of the molecule is Cc1nnc(N2N=C(c3cc(F)ccc3F)SC2(CCCN)c2ccccn2)s1. The Morgan fingerprint density at radius 2 is 2.03 bits per heavy atom. The summed E-state index contributed by atoms with van der Waals surface area (Å²) in [4.78, 5) is 3.76.